The third kappa shape index (κ3) is 0.981. The van der Waals surface area contributed by atoms with Crippen LogP contribution in [0.2, 0.25) is 0 Å². The number of allylic oxidation sites excluding steroid dienone is 2. The van der Waals surface area contributed by atoms with E-state index in [1.54, 1.807) is 6.08 Å². The van der Waals surface area contributed by atoms with Crippen molar-refractivity contribution in [1.29, 1.82) is 0 Å². The SMILES string of the molecule is O=C1C=CC2=C(C1)CC(=O)N2. The van der Waals surface area contributed by atoms with Crippen LogP contribution in [0.5, 0.6) is 0 Å². The lowest BCUT2D eigenvalue weighted by molar-refractivity contribution is -0.118. The average molecular weight is 149 g/mol. The number of hydrogen-bond donors (Lipinski definition) is 1. The van der Waals surface area contributed by atoms with Crippen molar-refractivity contribution >= 4 is 11.7 Å². The van der Waals surface area contributed by atoms with Gasteiger partial charge < -0.3 is 5.32 Å². The molecule has 0 fully saturated rings. The van der Waals surface area contributed by atoms with E-state index in [1.807, 2.05) is 0 Å². The van der Waals surface area contributed by atoms with Gasteiger partial charge >= 0.3 is 0 Å². The molecule has 1 aliphatic carbocycles. The fourth-order valence-electron chi connectivity index (χ4n) is 1.33. The monoisotopic (exact) mass is 149 g/mol. The molecule has 0 atom stereocenters. The summed E-state index contributed by atoms with van der Waals surface area (Å²) in [5.74, 6) is 0.0783. The highest BCUT2D eigenvalue weighted by atomic mass is 16.2. The molecule has 0 bridgehead atoms. The fraction of sp³-hybridized carbons (Fsp3) is 0.250. The summed E-state index contributed by atoms with van der Waals surface area (Å²) >= 11 is 0. The van der Waals surface area contributed by atoms with Crippen molar-refractivity contribution in [2.75, 3.05) is 0 Å². The highest BCUT2D eigenvalue weighted by Gasteiger charge is 2.23. The van der Waals surface area contributed by atoms with Crippen LogP contribution in [0.3, 0.4) is 0 Å². The number of rotatable bonds is 0. The molecule has 1 N–H and O–H groups in total. The summed E-state index contributed by atoms with van der Waals surface area (Å²) in [6, 6.07) is 0. The second kappa shape index (κ2) is 2.05. The predicted molar refractivity (Wildman–Crippen MR) is 38.5 cm³/mol. The predicted octanol–water partition coefficient (Wildman–Crippen LogP) is 0.289. The number of ketones is 1. The quantitative estimate of drug-likeness (QED) is 0.538. The summed E-state index contributed by atoms with van der Waals surface area (Å²) in [6.45, 7) is 0. The molecule has 3 nitrogen and oxygen atoms in total. The summed E-state index contributed by atoms with van der Waals surface area (Å²) in [7, 11) is 0. The Morgan fingerprint density at radius 1 is 1.18 bits per heavy atom. The van der Waals surface area contributed by atoms with Gasteiger partial charge in [0.1, 0.15) is 0 Å². The smallest absolute Gasteiger partial charge is 0.228 e. The molecule has 0 saturated carbocycles. The van der Waals surface area contributed by atoms with Crippen LogP contribution in [0, 0.1) is 0 Å². The summed E-state index contributed by atoms with van der Waals surface area (Å²) in [5.41, 5.74) is 1.76. The maximum atomic E-state index is 10.9. The standard InChI is InChI=1S/C8H7NO2/c10-6-1-2-7-5(3-6)4-8(11)9-7/h1-2H,3-4H2,(H,9,11). The second-order valence-electron chi connectivity index (χ2n) is 2.72. The Balaban J connectivity index is 2.31. The van der Waals surface area contributed by atoms with E-state index in [0.717, 1.165) is 11.3 Å². The zero-order chi connectivity index (χ0) is 7.84. The molecule has 2 aliphatic rings. The molecule has 0 unspecified atom stereocenters. The van der Waals surface area contributed by atoms with Gasteiger partial charge in [0.05, 0.1) is 6.42 Å². The van der Waals surface area contributed by atoms with E-state index in [2.05, 4.69) is 5.32 Å². The fourth-order valence-corrected chi connectivity index (χ4v) is 1.33. The number of hydrogen-bond acceptors (Lipinski definition) is 2. The lowest BCUT2D eigenvalue weighted by Crippen LogP contribution is -2.14. The van der Waals surface area contributed by atoms with Crippen LogP contribution < -0.4 is 5.32 Å². The Morgan fingerprint density at radius 3 is 2.82 bits per heavy atom. The second-order valence-corrected chi connectivity index (χ2v) is 2.72. The zero-order valence-electron chi connectivity index (χ0n) is 5.89. The molecule has 1 aliphatic heterocycles. The maximum Gasteiger partial charge on any atom is 0.228 e. The van der Waals surface area contributed by atoms with E-state index >= 15 is 0 Å². The number of nitrogens with one attached hydrogen (secondary N) is 1. The molecule has 1 heterocycles. The Morgan fingerprint density at radius 2 is 2.00 bits per heavy atom. The van der Waals surface area contributed by atoms with Crippen LogP contribution >= 0.6 is 0 Å². The average Bonchev–Trinajstić information content (AvgIpc) is 2.27. The van der Waals surface area contributed by atoms with Crippen LogP contribution in [-0.2, 0) is 9.59 Å². The van der Waals surface area contributed by atoms with Crippen molar-refractivity contribution < 1.29 is 9.59 Å². The molecule has 0 aromatic rings. The minimum Gasteiger partial charge on any atom is -0.326 e. The van der Waals surface area contributed by atoms with Crippen LogP contribution in [0.15, 0.2) is 23.4 Å². The van der Waals surface area contributed by atoms with Crippen molar-refractivity contribution in [2.24, 2.45) is 0 Å². The van der Waals surface area contributed by atoms with Gasteiger partial charge in [0.15, 0.2) is 5.78 Å². The van der Waals surface area contributed by atoms with Crippen molar-refractivity contribution in [3.63, 3.8) is 0 Å². The van der Waals surface area contributed by atoms with Gasteiger partial charge in [0.2, 0.25) is 5.91 Å². The van der Waals surface area contributed by atoms with Crippen LogP contribution in [-0.4, -0.2) is 11.7 Å². The highest BCUT2D eigenvalue weighted by molar-refractivity contribution is 5.97. The van der Waals surface area contributed by atoms with E-state index in [0.29, 0.717) is 12.8 Å². The molecular weight excluding hydrogens is 142 g/mol. The molecule has 0 aromatic heterocycles. The number of carbonyl (C=O) groups is 2. The number of carbonyl (C=O) groups excluding carboxylic acids is 2. The minimum absolute atomic E-state index is 0.00523. The van der Waals surface area contributed by atoms with Gasteiger partial charge in [-0.1, -0.05) is 0 Å². The van der Waals surface area contributed by atoms with Gasteiger partial charge in [0.25, 0.3) is 0 Å². The lowest BCUT2D eigenvalue weighted by Gasteiger charge is -2.04. The van der Waals surface area contributed by atoms with Gasteiger partial charge in [0, 0.05) is 12.1 Å². The molecule has 56 valence electrons. The third-order valence-electron chi connectivity index (χ3n) is 1.85. The maximum absolute atomic E-state index is 10.9. The topological polar surface area (TPSA) is 46.2 Å². The van der Waals surface area contributed by atoms with Gasteiger partial charge in [-0.3, -0.25) is 9.59 Å². The molecule has 0 saturated heterocycles. The molecule has 3 heteroatoms. The lowest BCUT2D eigenvalue weighted by atomic mass is 10.0. The Labute approximate surface area is 63.8 Å². The molecule has 0 aromatic carbocycles. The van der Waals surface area contributed by atoms with E-state index in [9.17, 15) is 9.59 Å². The first-order valence-corrected chi connectivity index (χ1v) is 3.48. The summed E-state index contributed by atoms with van der Waals surface area (Å²) in [4.78, 5) is 21.7. The Kier molecular flexibility index (Phi) is 1.18. The minimum atomic E-state index is -0.00523. The van der Waals surface area contributed by atoms with Crippen molar-refractivity contribution in [1.82, 2.24) is 5.32 Å². The third-order valence-corrected chi connectivity index (χ3v) is 1.85. The summed E-state index contributed by atoms with van der Waals surface area (Å²) in [5, 5.41) is 2.68. The summed E-state index contributed by atoms with van der Waals surface area (Å²) < 4.78 is 0. The molecule has 11 heavy (non-hydrogen) atoms. The van der Waals surface area contributed by atoms with Crippen molar-refractivity contribution in [2.45, 2.75) is 12.8 Å². The van der Waals surface area contributed by atoms with E-state index in [1.165, 1.54) is 6.08 Å². The van der Waals surface area contributed by atoms with E-state index in [-0.39, 0.29) is 11.7 Å². The van der Waals surface area contributed by atoms with Gasteiger partial charge in [-0.05, 0) is 17.7 Å². The highest BCUT2D eigenvalue weighted by Crippen LogP contribution is 2.22. The van der Waals surface area contributed by atoms with Crippen LogP contribution in [0.1, 0.15) is 12.8 Å². The molecule has 0 radical (unpaired) electrons. The molecular formula is C8H7NO2. The summed E-state index contributed by atoms with van der Waals surface area (Å²) in [6.07, 6.45) is 3.98. The Hall–Kier alpha value is -1.38. The van der Waals surface area contributed by atoms with Crippen LogP contribution in [0.4, 0.5) is 0 Å². The van der Waals surface area contributed by atoms with Crippen molar-refractivity contribution in [3.8, 4) is 0 Å². The molecule has 0 spiro atoms. The van der Waals surface area contributed by atoms with Crippen molar-refractivity contribution in [3.05, 3.63) is 23.4 Å². The number of amides is 1. The molecule has 1 amide bonds. The van der Waals surface area contributed by atoms with Crippen LogP contribution in [0.25, 0.3) is 0 Å². The normalized spacial score (nSPS) is 22.2. The van der Waals surface area contributed by atoms with Gasteiger partial charge in [-0.15, -0.1) is 0 Å². The van der Waals surface area contributed by atoms with E-state index < -0.39 is 0 Å². The zero-order valence-corrected chi connectivity index (χ0v) is 5.89. The first-order chi connectivity index (χ1) is 5.25. The van der Waals surface area contributed by atoms with Gasteiger partial charge in [-0.2, -0.15) is 0 Å². The first-order valence-electron chi connectivity index (χ1n) is 3.48. The molecule has 2 rings (SSSR count). The van der Waals surface area contributed by atoms with E-state index in [4.69, 9.17) is 0 Å². The largest absolute Gasteiger partial charge is 0.326 e. The first kappa shape index (κ1) is 6.34. The van der Waals surface area contributed by atoms with Gasteiger partial charge in [-0.25, -0.2) is 0 Å². The Bertz CT molecular complexity index is 299.